The normalized spacial score (nSPS) is 32.9. The van der Waals surface area contributed by atoms with Crippen molar-refractivity contribution < 1.29 is 0 Å². The van der Waals surface area contributed by atoms with Crippen molar-refractivity contribution in [2.75, 3.05) is 25.0 Å². The maximum Gasteiger partial charge on any atom is 0.173 e. The van der Waals surface area contributed by atoms with E-state index in [1.54, 1.807) is 5.57 Å². The van der Waals surface area contributed by atoms with Gasteiger partial charge in [0.2, 0.25) is 0 Å². The highest BCUT2D eigenvalue weighted by atomic mass is 32.1. The van der Waals surface area contributed by atoms with E-state index in [1.807, 2.05) is 0 Å². The first-order valence-electron chi connectivity index (χ1n) is 10.8. The van der Waals surface area contributed by atoms with Gasteiger partial charge in [0.25, 0.3) is 0 Å². The van der Waals surface area contributed by atoms with E-state index in [0.29, 0.717) is 6.04 Å². The van der Waals surface area contributed by atoms with Gasteiger partial charge in [0.15, 0.2) is 5.11 Å². The molecule has 1 aromatic rings. The molecule has 4 unspecified atom stereocenters. The zero-order chi connectivity index (χ0) is 18.4. The third-order valence-corrected chi connectivity index (χ3v) is 7.56. The van der Waals surface area contributed by atoms with Crippen LogP contribution in [0.4, 0.5) is 5.69 Å². The van der Waals surface area contributed by atoms with Gasteiger partial charge in [-0.05, 0) is 81.8 Å². The number of piperidine rings is 3. The lowest BCUT2D eigenvalue weighted by Crippen LogP contribution is -2.60. The SMILES string of the molecule is Cc1ccc(NC(=S)N2CCCC3=CC4CC(CN5CCCCC45)C32)cc1. The standard InChI is InChI=1S/C23H31N3S/c1-16-7-9-20(10-8-16)24-23(27)26-12-4-5-17-13-18-14-19(22(17)26)15-25-11-3-2-6-21(18)25/h7-10,13,18-19,21-22H,2-6,11-12,14-15H2,1H3,(H,24,27). The van der Waals surface area contributed by atoms with Gasteiger partial charge in [-0.15, -0.1) is 0 Å². The monoisotopic (exact) mass is 381 g/mol. The fraction of sp³-hybridized carbons (Fsp3) is 0.609. The summed E-state index contributed by atoms with van der Waals surface area (Å²) in [5.41, 5.74) is 4.07. The maximum atomic E-state index is 5.89. The highest BCUT2D eigenvalue weighted by Gasteiger charge is 2.46. The average Bonchev–Trinajstić information content (AvgIpc) is 2.69. The second-order valence-electron chi connectivity index (χ2n) is 9.00. The van der Waals surface area contributed by atoms with Gasteiger partial charge in [-0.2, -0.15) is 0 Å². The van der Waals surface area contributed by atoms with Crippen molar-refractivity contribution in [2.45, 2.75) is 57.5 Å². The van der Waals surface area contributed by atoms with Crippen LogP contribution in [0.25, 0.3) is 0 Å². The Morgan fingerprint density at radius 3 is 2.81 bits per heavy atom. The summed E-state index contributed by atoms with van der Waals surface area (Å²) in [6.07, 6.45) is 10.7. The van der Waals surface area contributed by atoms with Crippen LogP contribution in [-0.4, -0.2) is 46.6 Å². The van der Waals surface area contributed by atoms with Crippen LogP contribution in [0.3, 0.4) is 0 Å². The molecular formula is C23H31N3S. The molecule has 1 aromatic carbocycles. The van der Waals surface area contributed by atoms with Crippen LogP contribution in [0, 0.1) is 18.8 Å². The van der Waals surface area contributed by atoms with E-state index in [9.17, 15) is 0 Å². The molecule has 5 rings (SSSR count). The Hall–Kier alpha value is -1.39. The number of fused-ring (bicyclic) bond motifs is 6. The summed E-state index contributed by atoms with van der Waals surface area (Å²) in [5.74, 6) is 1.52. The summed E-state index contributed by atoms with van der Waals surface area (Å²) in [6, 6.07) is 9.90. The van der Waals surface area contributed by atoms with E-state index >= 15 is 0 Å². The quantitative estimate of drug-likeness (QED) is 0.566. The molecule has 4 atom stereocenters. The van der Waals surface area contributed by atoms with E-state index in [0.717, 1.165) is 35.2 Å². The van der Waals surface area contributed by atoms with Gasteiger partial charge >= 0.3 is 0 Å². The largest absolute Gasteiger partial charge is 0.342 e. The Morgan fingerprint density at radius 1 is 1.11 bits per heavy atom. The van der Waals surface area contributed by atoms with Gasteiger partial charge < -0.3 is 10.2 Å². The molecule has 3 heterocycles. The van der Waals surface area contributed by atoms with Crippen LogP contribution in [0.1, 0.15) is 44.1 Å². The molecule has 144 valence electrons. The van der Waals surface area contributed by atoms with E-state index < -0.39 is 0 Å². The first-order chi connectivity index (χ1) is 13.2. The number of aryl methyl sites for hydroxylation is 1. The molecule has 2 bridgehead atoms. The van der Waals surface area contributed by atoms with Crippen LogP contribution in [0.5, 0.6) is 0 Å². The predicted octanol–water partition coefficient (Wildman–Crippen LogP) is 4.59. The molecule has 1 N–H and O–H groups in total. The number of nitrogens with one attached hydrogen (secondary N) is 1. The molecule has 3 nitrogen and oxygen atoms in total. The first kappa shape index (κ1) is 17.7. The van der Waals surface area contributed by atoms with Crippen LogP contribution < -0.4 is 5.32 Å². The fourth-order valence-corrected chi connectivity index (χ4v) is 6.36. The van der Waals surface area contributed by atoms with E-state index in [-0.39, 0.29) is 0 Å². The minimum atomic E-state index is 0.517. The summed E-state index contributed by atoms with van der Waals surface area (Å²) in [4.78, 5) is 5.31. The fourth-order valence-electron chi connectivity index (χ4n) is 6.03. The number of thiocarbonyl (C=S) groups is 1. The molecule has 0 aromatic heterocycles. The number of rotatable bonds is 1. The van der Waals surface area contributed by atoms with Crippen LogP contribution in [-0.2, 0) is 0 Å². The lowest BCUT2D eigenvalue weighted by Gasteiger charge is -2.55. The number of anilines is 1. The molecule has 1 aliphatic carbocycles. The second kappa shape index (κ2) is 7.21. The van der Waals surface area contributed by atoms with Crippen molar-refractivity contribution >= 4 is 23.0 Å². The van der Waals surface area contributed by atoms with Gasteiger partial charge in [-0.1, -0.05) is 35.8 Å². The van der Waals surface area contributed by atoms with Crippen molar-refractivity contribution in [3.63, 3.8) is 0 Å². The minimum Gasteiger partial charge on any atom is -0.342 e. The zero-order valence-corrected chi connectivity index (χ0v) is 17.2. The predicted molar refractivity (Wildman–Crippen MR) is 116 cm³/mol. The topological polar surface area (TPSA) is 18.5 Å². The molecule has 0 saturated carbocycles. The van der Waals surface area contributed by atoms with E-state index in [2.05, 4.69) is 52.4 Å². The molecule has 0 radical (unpaired) electrons. The molecule has 27 heavy (non-hydrogen) atoms. The van der Waals surface area contributed by atoms with Gasteiger partial charge in [-0.3, -0.25) is 4.90 Å². The van der Waals surface area contributed by atoms with Gasteiger partial charge in [0, 0.05) is 24.8 Å². The lowest BCUT2D eigenvalue weighted by atomic mass is 9.68. The molecule has 3 aliphatic heterocycles. The Kier molecular flexibility index (Phi) is 4.73. The van der Waals surface area contributed by atoms with Crippen LogP contribution >= 0.6 is 12.2 Å². The highest BCUT2D eigenvalue weighted by molar-refractivity contribution is 7.80. The Morgan fingerprint density at radius 2 is 1.96 bits per heavy atom. The number of hydrogen-bond donors (Lipinski definition) is 1. The van der Waals surface area contributed by atoms with Crippen molar-refractivity contribution in [1.82, 2.24) is 9.80 Å². The minimum absolute atomic E-state index is 0.517. The van der Waals surface area contributed by atoms with Gasteiger partial charge in [0.05, 0.1) is 6.04 Å². The van der Waals surface area contributed by atoms with Crippen molar-refractivity contribution in [1.29, 1.82) is 0 Å². The van der Waals surface area contributed by atoms with E-state index in [1.165, 1.54) is 57.2 Å². The Labute approximate surface area is 168 Å². The third-order valence-electron chi connectivity index (χ3n) is 7.22. The summed E-state index contributed by atoms with van der Waals surface area (Å²) in [5, 5.41) is 4.43. The Balaban J connectivity index is 1.38. The molecule has 4 heteroatoms. The van der Waals surface area contributed by atoms with Gasteiger partial charge in [0.1, 0.15) is 0 Å². The highest BCUT2D eigenvalue weighted by Crippen LogP contribution is 2.45. The van der Waals surface area contributed by atoms with Gasteiger partial charge in [-0.25, -0.2) is 0 Å². The summed E-state index contributed by atoms with van der Waals surface area (Å²) in [7, 11) is 0. The average molecular weight is 382 g/mol. The molecule has 3 saturated heterocycles. The summed E-state index contributed by atoms with van der Waals surface area (Å²) >= 11 is 5.89. The van der Waals surface area contributed by atoms with Crippen molar-refractivity contribution in [3.05, 3.63) is 41.5 Å². The number of benzene rings is 1. The lowest BCUT2D eigenvalue weighted by molar-refractivity contribution is 0.0132. The smallest absolute Gasteiger partial charge is 0.173 e. The molecule has 4 aliphatic rings. The van der Waals surface area contributed by atoms with E-state index in [4.69, 9.17) is 12.2 Å². The third kappa shape index (κ3) is 3.31. The molecule has 3 fully saturated rings. The first-order valence-corrected chi connectivity index (χ1v) is 11.2. The second-order valence-corrected chi connectivity index (χ2v) is 9.38. The molecule has 0 amide bonds. The maximum absolute atomic E-state index is 5.89. The number of likely N-dealkylation sites (tertiary alicyclic amines) is 1. The van der Waals surface area contributed by atoms with Crippen molar-refractivity contribution in [2.24, 2.45) is 11.8 Å². The van der Waals surface area contributed by atoms with Crippen molar-refractivity contribution in [3.8, 4) is 0 Å². The summed E-state index contributed by atoms with van der Waals surface area (Å²) < 4.78 is 0. The number of hydrogen-bond acceptors (Lipinski definition) is 2. The van der Waals surface area contributed by atoms with Crippen LogP contribution in [0.15, 0.2) is 35.9 Å². The number of nitrogens with zero attached hydrogens (tertiary/aromatic N) is 2. The van der Waals surface area contributed by atoms with Crippen LogP contribution in [0.2, 0.25) is 0 Å². The molecular weight excluding hydrogens is 350 g/mol. The Bertz CT molecular complexity index is 740. The molecule has 0 spiro atoms. The summed E-state index contributed by atoms with van der Waals surface area (Å²) in [6.45, 7) is 5.79. The zero-order valence-electron chi connectivity index (χ0n) is 16.4.